The second-order valence-electron chi connectivity index (χ2n) is 15.6. The molecule has 3 aromatic heterocycles. The molecule has 3 heterocycles. The normalized spacial score (nSPS) is 12.0. The zero-order valence-corrected chi connectivity index (χ0v) is 34.0. The standard InChI is InChI=1S/C46H35F5N4O.Pt/c1-45(2,3)27-21-22-52-35(23-27)54-33-18-11-10-17-31(33)32-20-19-30(25-34(32)54)56-29-16-12-15-28(24-29)55-43(26-13-8-7-9-14-26)37(44(53-55)46(4,5)6)36-38(47)40(49)42(51)41(50)39(36)48;/h7-23H,1-6H3;/q-2;+2. The number of halogens is 5. The van der Waals surface area contributed by atoms with E-state index in [1.54, 1.807) is 81.6 Å². The van der Waals surface area contributed by atoms with Crippen LogP contribution in [0.15, 0.2) is 103 Å². The van der Waals surface area contributed by atoms with E-state index in [1.165, 1.54) is 4.68 Å². The predicted octanol–water partition coefficient (Wildman–Crippen LogP) is 12.4. The van der Waals surface area contributed by atoms with Crippen molar-refractivity contribution in [3.8, 4) is 45.4 Å². The van der Waals surface area contributed by atoms with Crippen molar-refractivity contribution in [2.75, 3.05) is 0 Å². The molecular weight excluding hydrogens is 915 g/mol. The summed E-state index contributed by atoms with van der Waals surface area (Å²) in [4.78, 5) is 4.74. The minimum atomic E-state index is -2.24. The van der Waals surface area contributed by atoms with Gasteiger partial charge in [-0.2, -0.15) is 17.2 Å². The van der Waals surface area contributed by atoms with E-state index in [9.17, 15) is 13.2 Å². The Morgan fingerprint density at radius 2 is 1.26 bits per heavy atom. The molecule has 57 heavy (non-hydrogen) atoms. The van der Waals surface area contributed by atoms with Gasteiger partial charge in [0, 0.05) is 39.8 Å². The molecule has 5 aromatic carbocycles. The zero-order chi connectivity index (χ0) is 39.7. The van der Waals surface area contributed by atoms with Crippen LogP contribution in [0.2, 0.25) is 0 Å². The van der Waals surface area contributed by atoms with E-state index in [4.69, 9.17) is 14.8 Å². The summed E-state index contributed by atoms with van der Waals surface area (Å²) >= 11 is 0. The fraction of sp³-hybridized carbons (Fsp3) is 0.174. The molecule has 0 radical (unpaired) electrons. The number of ether oxygens (including phenoxy) is 1. The first-order valence-electron chi connectivity index (χ1n) is 18.0. The average Bonchev–Trinajstić information content (AvgIpc) is 3.73. The first-order valence-corrected chi connectivity index (χ1v) is 18.0. The Labute approximate surface area is 341 Å². The van der Waals surface area contributed by atoms with Crippen LogP contribution in [0, 0.1) is 41.2 Å². The molecule has 0 aliphatic heterocycles. The molecule has 8 rings (SSSR count). The van der Waals surface area contributed by atoms with Gasteiger partial charge in [-0.25, -0.2) is 26.9 Å². The van der Waals surface area contributed by atoms with Crippen LogP contribution in [-0.4, -0.2) is 19.3 Å². The van der Waals surface area contributed by atoms with Crippen LogP contribution in [-0.2, 0) is 31.9 Å². The van der Waals surface area contributed by atoms with E-state index < -0.39 is 40.1 Å². The molecule has 0 amide bonds. The van der Waals surface area contributed by atoms with E-state index in [2.05, 4.69) is 43.5 Å². The van der Waals surface area contributed by atoms with Crippen LogP contribution in [0.25, 0.3) is 55.7 Å². The van der Waals surface area contributed by atoms with Crippen LogP contribution in [0.3, 0.4) is 0 Å². The summed E-state index contributed by atoms with van der Waals surface area (Å²) in [5.74, 6) is -8.85. The van der Waals surface area contributed by atoms with Crippen molar-refractivity contribution >= 4 is 21.8 Å². The minimum absolute atomic E-state index is 0. The largest absolute Gasteiger partial charge is 2.00 e. The third-order valence-electron chi connectivity index (χ3n) is 9.70. The van der Waals surface area contributed by atoms with Crippen molar-refractivity contribution in [1.29, 1.82) is 0 Å². The summed E-state index contributed by atoms with van der Waals surface area (Å²) in [5.41, 5.74) is 1.44. The van der Waals surface area contributed by atoms with Gasteiger partial charge in [0.2, 0.25) is 5.82 Å². The molecule has 11 heteroatoms. The molecule has 290 valence electrons. The Morgan fingerprint density at radius 1 is 0.614 bits per heavy atom. The Hall–Kier alpha value is -5.60. The van der Waals surface area contributed by atoms with Gasteiger partial charge >= 0.3 is 21.1 Å². The Balaban J connectivity index is 0.00000496. The third-order valence-corrected chi connectivity index (χ3v) is 9.70. The monoisotopic (exact) mass is 949 g/mol. The van der Waals surface area contributed by atoms with Gasteiger partial charge < -0.3 is 9.30 Å². The first-order chi connectivity index (χ1) is 26.6. The summed E-state index contributed by atoms with van der Waals surface area (Å²) in [6.07, 6.45) is 1.80. The SMILES string of the molecule is CC(C)(C)c1ccnc(-n2c3[c-]c(Oc4[c-]c(-n5nc(C(C)(C)C)c(-c6c(F)c(F)c(F)c(F)c6F)c5-c5ccccc5)ccc4)ccc3c3ccccc32)c1.[Pt+2]. The molecule has 0 spiro atoms. The molecule has 0 fully saturated rings. The summed E-state index contributed by atoms with van der Waals surface area (Å²) in [6.45, 7) is 11.7. The van der Waals surface area contributed by atoms with E-state index in [1.807, 2.05) is 36.4 Å². The fourth-order valence-electron chi connectivity index (χ4n) is 6.96. The van der Waals surface area contributed by atoms with Crippen LogP contribution in [0.1, 0.15) is 52.8 Å². The van der Waals surface area contributed by atoms with E-state index in [-0.39, 0.29) is 49.2 Å². The quantitative estimate of drug-likeness (QED) is 0.0722. The van der Waals surface area contributed by atoms with Crippen molar-refractivity contribution in [3.05, 3.63) is 156 Å². The van der Waals surface area contributed by atoms with Crippen molar-refractivity contribution in [1.82, 2.24) is 19.3 Å². The predicted molar refractivity (Wildman–Crippen MR) is 208 cm³/mol. The van der Waals surface area contributed by atoms with E-state index in [0.29, 0.717) is 17.0 Å². The van der Waals surface area contributed by atoms with Crippen LogP contribution in [0.5, 0.6) is 11.5 Å². The van der Waals surface area contributed by atoms with Gasteiger partial charge in [0.1, 0.15) is 5.82 Å². The Bertz CT molecular complexity index is 2790. The summed E-state index contributed by atoms with van der Waals surface area (Å²) in [6, 6.07) is 36.1. The molecule has 0 aliphatic carbocycles. The third kappa shape index (κ3) is 6.94. The number of hydrogen-bond acceptors (Lipinski definition) is 3. The number of fused-ring (bicyclic) bond motifs is 3. The molecule has 0 atom stereocenters. The number of benzene rings is 5. The van der Waals surface area contributed by atoms with Crippen molar-refractivity contribution in [2.24, 2.45) is 0 Å². The fourth-order valence-corrected chi connectivity index (χ4v) is 6.96. The van der Waals surface area contributed by atoms with E-state index >= 15 is 8.78 Å². The number of hydrogen-bond donors (Lipinski definition) is 0. The number of rotatable bonds is 6. The van der Waals surface area contributed by atoms with Crippen molar-refractivity contribution in [3.63, 3.8) is 0 Å². The van der Waals surface area contributed by atoms with Gasteiger partial charge in [0.15, 0.2) is 23.3 Å². The summed E-state index contributed by atoms with van der Waals surface area (Å²) in [5, 5.41) is 6.76. The topological polar surface area (TPSA) is 44.9 Å². The zero-order valence-electron chi connectivity index (χ0n) is 31.7. The van der Waals surface area contributed by atoms with Gasteiger partial charge in [0.05, 0.1) is 17.0 Å². The molecule has 0 saturated carbocycles. The number of nitrogens with zero attached hydrogens (tertiary/aromatic N) is 4. The maximum absolute atomic E-state index is 15.7. The molecule has 0 saturated heterocycles. The molecule has 0 unspecified atom stereocenters. The number of aromatic nitrogens is 4. The maximum Gasteiger partial charge on any atom is 2.00 e. The van der Waals surface area contributed by atoms with Gasteiger partial charge in [-0.05, 0) is 40.3 Å². The van der Waals surface area contributed by atoms with Crippen molar-refractivity contribution < 1.29 is 47.8 Å². The van der Waals surface area contributed by atoms with Gasteiger partial charge in [0.25, 0.3) is 0 Å². The van der Waals surface area contributed by atoms with Crippen LogP contribution >= 0.6 is 0 Å². The van der Waals surface area contributed by atoms with Gasteiger partial charge in [-0.1, -0.05) is 95.6 Å². The maximum atomic E-state index is 15.7. The number of pyridine rings is 1. The van der Waals surface area contributed by atoms with Gasteiger partial charge in [-0.15, -0.1) is 35.7 Å². The molecule has 5 nitrogen and oxygen atoms in total. The molecular formula is C46H35F5N4OPt. The molecule has 0 bridgehead atoms. The average molecular weight is 950 g/mol. The number of para-hydroxylation sites is 1. The Morgan fingerprint density at radius 3 is 1.95 bits per heavy atom. The first kappa shape index (κ1) is 39.6. The Kier molecular flexibility index (Phi) is 10.2. The van der Waals surface area contributed by atoms with E-state index in [0.717, 1.165) is 33.2 Å². The summed E-state index contributed by atoms with van der Waals surface area (Å²) < 4.78 is 85.0. The second kappa shape index (κ2) is 14.7. The molecule has 0 N–H and O–H groups in total. The van der Waals surface area contributed by atoms with Crippen LogP contribution in [0.4, 0.5) is 22.0 Å². The smallest absolute Gasteiger partial charge is 0.509 e. The second-order valence-corrected chi connectivity index (χ2v) is 15.6. The summed E-state index contributed by atoms with van der Waals surface area (Å²) in [7, 11) is 0. The minimum Gasteiger partial charge on any atom is -0.509 e. The molecule has 8 aromatic rings. The van der Waals surface area contributed by atoms with Crippen molar-refractivity contribution in [2.45, 2.75) is 52.4 Å². The molecule has 0 aliphatic rings. The van der Waals surface area contributed by atoms with Crippen LogP contribution < -0.4 is 4.74 Å². The van der Waals surface area contributed by atoms with Gasteiger partial charge in [-0.3, -0.25) is 4.68 Å².